The molecule has 158 valence electrons. The minimum Gasteiger partial charge on any atom is -0.493 e. The molecule has 0 saturated carbocycles. The molecule has 2 aromatic rings. The molecule has 0 unspecified atom stereocenters. The fourth-order valence-electron chi connectivity index (χ4n) is 2.80. The van der Waals surface area contributed by atoms with E-state index < -0.39 is 40.7 Å². The molecule has 1 aliphatic rings. The number of anilines is 1. The Kier molecular flexibility index (Phi) is 5.71. The van der Waals surface area contributed by atoms with Crippen molar-refractivity contribution in [2.75, 3.05) is 19.2 Å². The zero-order chi connectivity index (χ0) is 22.3. The van der Waals surface area contributed by atoms with Crippen molar-refractivity contribution in [2.24, 2.45) is 5.10 Å². The number of nitrogens with zero attached hydrogens (tertiary/aromatic N) is 2. The number of hydrazone groups is 1. The Morgan fingerprint density at radius 2 is 1.53 bits per heavy atom. The summed E-state index contributed by atoms with van der Waals surface area (Å²) in [5, 5.41) is 3.93. The number of hydrogen-bond acceptors (Lipinski definition) is 4. The fraction of sp³-hybridized carbons (Fsp3) is 0.158. The van der Waals surface area contributed by atoms with Gasteiger partial charge in [0, 0.05) is 0 Å². The first-order valence-electron chi connectivity index (χ1n) is 8.17. The van der Waals surface area contributed by atoms with E-state index in [0.29, 0.717) is 5.56 Å². The summed E-state index contributed by atoms with van der Waals surface area (Å²) in [5.41, 5.74) is -1.30. The van der Waals surface area contributed by atoms with Crippen molar-refractivity contribution in [1.82, 2.24) is 0 Å². The van der Waals surface area contributed by atoms with Gasteiger partial charge in [-0.2, -0.15) is 10.1 Å². The summed E-state index contributed by atoms with van der Waals surface area (Å²) >= 11 is 6.11. The average molecular weight is 447 g/mol. The third-order valence-corrected chi connectivity index (χ3v) is 4.51. The first kappa shape index (κ1) is 21.6. The summed E-state index contributed by atoms with van der Waals surface area (Å²) in [6.07, 6.45) is 1.28. The molecule has 0 spiro atoms. The lowest BCUT2D eigenvalue weighted by Gasteiger charge is -2.15. The number of ether oxygens (including phenoxy) is 2. The molecule has 0 aliphatic carbocycles. The van der Waals surface area contributed by atoms with E-state index in [1.54, 1.807) is 0 Å². The van der Waals surface area contributed by atoms with Gasteiger partial charge in [-0.05, 0) is 30.7 Å². The molecule has 0 saturated heterocycles. The van der Waals surface area contributed by atoms with Crippen LogP contribution in [0, 0.1) is 29.1 Å². The Bertz CT molecular complexity index is 1100. The zero-order valence-corrected chi connectivity index (χ0v) is 16.4. The van der Waals surface area contributed by atoms with Gasteiger partial charge in [-0.3, -0.25) is 4.79 Å². The van der Waals surface area contributed by atoms with Gasteiger partial charge in [-0.1, -0.05) is 11.6 Å². The maximum Gasteiger partial charge on any atom is 0.280 e. The van der Waals surface area contributed by atoms with E-state index in [4.69, 9.17) is 21.1 Å². The molecule has 30 heavy (non-hydrogen) atoms. The summed E-state index contributed by atoms with van der Waals surface area (Å²) in [7, 11) is 2.74. The molecular weight excluding hydrogens is 435 g/mol. The van der Waals surface area contributed by atoms with Gasteiger partial charge in [0.15, 0.2) is 34.8 Å². The van der Waals surface area contributed by atoms with E-state index in [9.17, 15) is 26.7 Å². The predicted octanol–water partition coefficient (Wildman–Crippen LogP) is 4.86. The van der Waals surface area contributed by atoms with Gasteiger partial charge < -0.3 is 9.47 Å². The van der Waals surface area contributed by atoms with Crippen molar-refractivity contribution >= 4 is 35.0 Å². The average Bonchev–Trinajstić information content (AvgIpc) is 2.98. The van der Waals surface area contributed by atoms with Crippen LogP contribution in [-0.2, 0) is 4.79 Å². The van der Waals surface area contributed by atoms with Crippen molar-refractivity contribution in [3.05, 3.63) is 57.4 Å². The third kappa shape index (κ3) is 3.36. The summed E-state index contributed by atoms with van der Waals surface area (Å²) in [4.78, 5) is 12.7. The Morgan fingerprint density at radius 3 is 2.07 bits per heavy atom. The highest BCUT2D eigenvalue weighted by atomic mass is 35.5. The minimum atomic E-state index is -2.34. The molecule has 0 atom stereocenters. The molecule has 5 nitrogen and oxygen atoms in total. The van der Waals surface area contributed by atoms with E-state index >= 15 is 0 Å². The van der Waals surface area contributed by atoms with Crippen LogP contribution in [0.25, 0.3) is 6.08 Å². The van der Waals surface area contributed by atoms with Crippen molar-refractivity contribution in [3.63, 3.8) is 0 Å². The van der Waals surface area contributed by atoms with Crippen LogP contribution >= 0.6 is 11.6 Å². The number of methoxy groups -OCH3 is 2. The maximum absolute atomic E-state index is 14.1. The Morgan fingerprint density at radius 1 is 0.967 bits per heavy atom. The van der Waals surface area contributed by atoms with Crippen LogP contribution < -0.4 is 14.5 Å². The SMILES string of the molecule is COc1cc(/C=C2/C(=O)N(c3c(F)c(F)c(F)c(F)c3F)N=C2C)cc(Cl)c1OC. The van der Waals surface area contributed by atoms with Crippen molar-refractivity contribution in [2.45, 2.75) is 6.92 Å². The number of hydrogen-bond donors (Lipinski definition) is 0. The first-order valence-corrected chi connectivity index (χ1v) is 8.54. The van der Waals surface area contributed by atoms with Gasteiger partial charge in [0.25, 0.3) is 5.91 Å². The highest BCUT2D eigenvalue weighted by Crippen LogP contribution is 2.38. The van der Waals surface area contributed by atoms with Crippen LogP contribution in [0.4, 0.5) is 27.6 Å². The fourth-order valence-corrected chi connectivity index (χ4v) is 3.10. The zero-order valence-electron chi connectivity index (χ0n) is 15.6. The predicted molar refractivity (Wildman–Crippen MR) is 99.4 cm³/mol. The Hall–Kier alpha value is -3.14. The normalized spacial score (nSPS) is 15.1. The second kappa shape index (κ2) is 7.94. The lowest BCUT2D eigenvalue weighted by Crippen LogP contribution is -2.25. The third-order valence-electron chi connectivity index (χ3n) is 4.23. The molecule has 11 heteroatoms. The van der Waals surface area contributed by atoms with Gasteiger partial charge in [0.1, 0.15) is 5.69 Å². The molecule has 2 aromatic carbocycles. The van der Waals surface area contributed by atoms with Crippen LogP contribution in [0.3, 0.4) is 0 Å². The Labute approximate surface area is 171 Å². The summed E-state index contributed by atoms with van der Waals surface area (Å²) in [6.45, 7) is 1.33. The number of halogens is 6. The van der Waals surface area contributed by atoms with Crippen LogP contribution in [0.2, 0.25) is 5.02 Å². The lowest BCUT2D eigenvalue weighted by molar-refractivity contribution is -0.114. The quantitative estimate of drug-likeness (QED) is 0.292. The molecule has 1 aliphatic heterocycles. The second-order valence-corrected chi connectivity index (χ2v) is 6.42. The van der Waals surface area contributed by atoms with Crippen LogP contribution in [0.15, 0.2) is 22.8 Å². The number of rotatable bonds is 4. The van der Waals surface area contributed by atoms with Crippen LogP contribution in [0.1, 0.15) is 12.5 Å². The second-order valence-electron chi connectivity index (χ2n) is 6.02. The number of amides is 1. The highest BCUT2D eigenvalue weighted by Gasteiger charge is 2.37. The molecule has 0 N–H and O–H groups in total. The van der Waals surface area contributed by atoms with E-state index in [2.05, 4.69) is 5.10 Å². The van der Waals surface area contributed by atoms with Crippen molar-refractivity contribution < 1.29 is 36.2 Å². The van der Waals surface area contributed by atoms with Crippen molar-refractivity contribution in [3.8, 4) is 11.5 Å². The first-order chi connectivity index (χ1) is 14.1. The van der Waals surface area contributed by atoms with Crippen molar-refractivity contribution in [1.29, 1.82) is 0 Å². The summed E-state index contributed by atoms with van der Waals surface area (Å²) in [6, 6.07) is 2.90. The molecule has 1 heterocycles. The molecule has 0 aromatic heterocycles. The van der Waals surface area contributed by atoms with Gasteiger partial charge in [0.05, 0.1) is 30.5 Å². The smallest absolute Gasteiger partial charge is 0.280 e. The maximum atomic E-state index is 14.1. The van der Waals surface area contributed by atoms with Gasteiger partial charge in [-0.25, -0.2) is 22.0 Å². The number of carbonyl (C=O) groups excluding carboxylic acids is 1. The van der Waals surface area contributed by atoms with Crippen LogP contribution in [0.5, 0.6) is 11.5 Å². The van der Waals surface area contributed by atoms with E-state index in [1.165, 1.54) is 39.4 Å². The van der Waals surface area contributed by atoms with Gasteiger partial charge >= 0.3 is 0 Å². The Balaban J connectivity index is 2.09. The van der Waals surface area contributed by atoms with E-state index in [-0.39, 0.29) is 32.8 Å². The lowest BCUT2D eigenvalue weighted by atomic mass is 10.1. The molecular formula is C19H12ClF5N2O3. The van der Waals surface area contributed by atoms with Crippen LogP contribution in [-0.4, -0.2) is 25.8 Å². The summed E-state index contributed by atoms with van der Waals surface area (Å²) in [5.74, 6) is -11.7. The van der Waals surface area contributed by atoms with Gasteiger partial charge in [-0.15, -0.1) is 0 Å². The number of benzene rings is 2. The highest BCUT2D eigenvalue weighted by molar-refractivity contribution is 6.33. The molecule has 1 amide bonds. The molecule has 0 fully saturated rings. The molecule has 0 bridgehead atoms. The topological polar surface area (TPSA) is 51.1 Å². The van der Waals surface area contributed by atoms with E-state index in [1.807, 2.05) is 0 Å². The molecule has 3 rings (SSSR count). The summed E-state index contributed by atoms with van der Waals surface area (Å²) < 4.78 is 78.8. The monoisotopic (exact) mass is 446 g/mol. The largest absolute Gasteiger partial charge is 0.493 e. The molecule has 0 radical (unpaired) electrons. The van der Waals surface area contributed by atoms with E-state index in [0.717, 1.165) is 0 Å². The standard InChI is InChI=1S/C19H12ClF5N2O3/c1-7-9(4-8-5-10(20)18(30-3)11(6-8)29-2)19(28)27(26-7)17-15(24)13(22)12(21)14(23)16(17)25/h4-6H,1-3H3/b9-4+. The number of carbonyl (C=O) groups is 1. The minimum absolute atomic E-state index is 0.0187. The van der Waals surface area contributed by atoms with Gasteiger partial charge in [0.2, 0.25) is 5.82 Å².